The van der Waals surface area contributed by atoms with Crippen molar-refractivity contribution in [3.8, 4) is 0 Å². The van der Waals surface area contributed by atoms with Gasteiger partial charge in [0.15, 0.2) is 8.32 Å². The Morgan fingerprint density at radius 3 is 2.57 bits per heavy atom. The van der Waals surface area contributed by atoms with Gasteiger partial charge >= 0.3 is 0 Å². The molecule has 0 N–H and O–H groups in total. The highest BCUT2D eigenvalue weighted by Gasteiger charge is 2.54. The lowest BCUT2D eigenvalue weighted by Crippen LogP contribution is -2.53. The summed E-state index contributed by atoms with van der Waals surface area (Å²) in [5.41, 5.74) is 1.27. The van der Waals surface area contributed by atoms with Crippen LogP contribution in [0.2, 0.25) is 18.1 Å². The summed E-state index contributed by atoms with van der Waals surface area (Å²) in [6, 6.07) is 0.435. The van der Waals surface area contributed by atoms with Crippen molar-refractivity contribution in [2.24, 2.45) is 11.8 Å². The van der Waals surface area contributed by atoms with Crippen molar-refractivity contribution >= 4 is 14.1 Å². The summed E-state index contributed by atoms with van der Waals surface area (Å²) in [4.78, 5) is 14.8. The molecule has 0 aromatic carbocycles. The van der Waals surface area contributed by atoms with E-state index in [-0.39, 0.29) is 17.1 Å². The maximum absolute atomic E-state index is 12.3. The van der Waals surface area contributed by atoms with Crippen molar-refractivity contribution in [1.29, 1.82) is 0 Å². The second-order valence-corrected chi connectivity index (χ2v) is 13.5. The number of hydrogen-bond donors (Lipinski definition) is 0. The third-order valence-electron chi connectivity index (χ3n) is 6.23. The molecule has 0 bridgehead atoms. The van der Waals surface area contributed by atoms with Gasteiger partial charge in [0.2, 0.25) is 0 Å². The molecule has 2 heterocycles. The fourth-order valence-electron chi connectivity index (χ4n) is 4.09. The highest BCUT2D eigenvalue weighted by molar-refractivity contribution is 6.74. The fourth-order valence-corrected chi connectivity index (χ4v) is 5.45. The molecule has 0 unspecified atom stereocenters. The predicted octanol–water partition coefficient (Wildman–Crippen LogP) is 3.23. The maximum Gasteiger partial charge on any atom is 0.192 e. The molecule has 3 rings (SSSR count). The second-order valence-electron chi connectivity index (χ2n) is 8.70. The third-order valence-corrected chi connectivity index (χ3v) is 10.8. The zero-order valence-corrected chi connectivity index (χ0v) is 15.1. The summed E-state index contributed by atoms with van der Waals surface area (Å²) in [6.45, 7) is 17.6. The van der Waals surface area contributed by atoms with E-state index in [0.717, 1.165) is 25.9 Å². The van der Waals surface area contributed by atoms with Gasteiger partial charge in [0.05, 0.1) is 6.10 Å². The van der Waals surface area contributed by atoms with E-state index in [4.69, 9.17) is 4.43 Å². The van der Waals surface area contributed by atoms with E-state index in [1.165, 1.54) is 5.57 Å². The largest absolute Gasteiger partial charge is 0.413 e. The Morgan fingerprint density at radius 1 is 1.29 bits per heavy atom. The van der Waals surface area contributed by atoms with E-state index in [2.05, 4.69) is 45.3 Å². The van der Waals surface area contributed by atoms with Crippen molar-refractivity contribution in [1.82, 2.24) is 4.90 Å². The van der Waals surface area contributed by atoms with Crippen LogP contribution in [-0.4, -0.2) is 44.2 Å². The molecule has 0 radical (unpaired) electrons. The lowest BCUT2D eigenvalue weighted by atomic mass is 9.88. The van der Waals surface area contributed by atoms with Crippen LogP contribution in [0.5, 0.6) is 0 Å². The van der Waals surface area contributed by atoms with Gasteiger partial charge in [-0.2, -0.15) is 0 Å². The number of ketones is 1. The number of piperidine rings is 1. The molecule has 0 aromatic heterocycles. The van der Waals surface area contributed by atoms with Gasteiger partial charge in [-0.3, -0.25) is 9.69 Å². The van der Waals surface area contributed by atoms with Gasteiger partial charge in [0.25, 0.3) is 0 Å². The average Bonchev–Trinajstić information content (AvgIpc) is 2.80. The number of hydrogen-bond acceptors (Lipinski definition) is 3. The van der Waals surface area contributed by atoms with Crippen LogP contribution in [0.25, 0.3) is 0 Å². The van der Waals surface area contributed by atoms with E-state index in [1.54, 1.807) is 0 Å². The van der Waals surface area contributed by atoms with Crippen molar-refractivity contribution in [2.45, 2.75) is 63.9 Å². The number of carbonyl (C=O) groups is 1. The summed E-state index contributed by atoms with van der Waals surface area (Å²) < 4.78 is 6.60. The maximum atomic E-state index is 12.3. The molecule has 0 spiro atoms. The molecule has 118 valence electrons. The van der Waals surface area contributed by atoms with Crippen LogP contribution in [0.3, 0.4) is 0 Å². The number of nitrogens with zero attached hydrogens (tertiary/aromatic N) is 1. The molecule has 1 saturated carbocycles. The summed E-state index contributed by atoms with van der Waals surface area (Å²) in [5, 5.41) is 0.223. The number of Topliss-reactive ketones (excluding diaryl/α,β-unsaturated/α-hetero) is 1. The fraction of sp³-hybridized carbons (Fsp3) is 0.824. The van der Waals surface area contributed by atoms with Crippen LogP contribution in [0.15, 0.2) is 12.2 Å². The lowest BCUT2D eigenvalue weighted by Gasteiger charge is -2.44. The van der Waals surface area contributed by atoms with E-state index in [0.29, 0.717) is 17.7 Å². The molecule has 1 aliphatic carbocycles. The van der Waals surface area contributed by atoms with Gasteiger partial charge in [0.1, 0.15) is 5.78 Å². The molecule has 3 aliphatic rings. The molecule has 21 heavy (non-hydrogen) atoms. The summed E-state index contributed by atoms with van der Waals surface area (Å²) in [6.07, 6.45) is 1.87. The van der Waals surface area contributed by atoms with E-state index in [9.17, 15) is 4.79 Å². The average molecular weight is 308 g/mol. The predicted molar refractivity (Wildman–Crippen MR) is 87.8 cm³/mol. The number of carbonyl (C=O) groups excluding carboxylic acids is 1. The minimum atomic E-state index is -1.76. The van der Waals surface area contributed by atoms with Gasteiger partial charge in [-0.1, -0.05) is 32.9 Å². The topological polar surface area (TPSA) is 29.5 Å². The first kappa shape index (κ1) is 15.4. The van der Waals surface area contributed by atoms with Gasteiger partial charge in [-0.25, -0.2) is 0 Å². The van der Waals surface area contributed by atoms with Gasteiger partial charge < -0.3 is 4.43 Å². The molecule has 2 saturated heterocycles. The Bertz CT molecular complexity index is 480. The van der Waals surface area contributed by atoms with Crippen LogP contribution in [-0.2, 0) is 9.22 Å². The highest BCUT2D eigenvalue weighted by atomic mass is 28.4. The smallest absolute Gasteiger partial charge is 0.192 e. The van der Waals surface area contributed by atoms with Crippen LogP contribution < -0.4 is 0 Å². The lowest BCUT2D eigenvalue weighted by molar-refractivity contribution is -0.124. The molecular weight excluding hydrogens is 278 g/mol. The summed E-state index contributed by atoms with van der Waals surface area (Å²) >= 11 is 0. The quantitative estimate of drug-likeness (QED) is 0.579. The molecule has 4 atom stereocenters. The van der Waals surface area contributed by atoms with Crippen LogP contribution in [0.1, 0.15) is 33.6 Å². The Labute approximate surface area is 129 Å². The molecule has 0 amide bonds. The van der Waals surface area contributed by atoms with Gasteiger partial charge in [-0.15, -0.1) is 0 Å². The molecular formula is C17H29NO2Si. The minimum Gasteiger partial charge on any atom is -0.413 e. The molecule has 3 nitrogen and oxygen atoms in total. The van der Waals surface area contributed by atoms with E-state index in [1.807, 2.05) is 0 Å². The molecule has 4 heteroatoms. The standard InChI is InChI=1S/C17H29NO2Si/c1-11-9-18-10-12(20-21(5,6)17(2,3)4)7-14-15(19)8-13(11)16(14)18/h12-14,16H,1,7-10H2,2-6H3/t12-,13-,14-,16+/m1/s1. The number of rotatable bonds is 2. The third kappa shape index (κ3) is 2.45. The zero-order chi connectivity index (χ0) is 15.6. The Morgan fingerprint density at radius 2 is 1.95 bits per heavy atom. The van der Waals surface area contributed by atoms with Gasteiger partial charge in [0, 0.05) is 37.4 Å². The van der Waals surface area contributed by atoms with Crippen molar-refractivity contribution in [2.75, 3.05) is 13.1 Å². The summed E-state index contributed by atoms with van der Waals surface area (Å²) in [5.74, 6) is 1.06. The first-order valence-electron chi connectivity index (χ1n) is 8.22. The Balaban J connectivity index is 1.77. The second kappa shape index (κ2) is 4.77. The molecule has 0 aromatic rings. The first-order chi connectivity index (χ1) is 9.60. The van der Waals surface area contributed by atoms with Crippen LogP contribution >= 0.6 is 0 Å². The van der Waals surface area contributed by atoms with Crippen molar-refractivity contribution in [3.63, 3.8) is 0 Å². The Kier molecular flexibility index (Phi) is 3.51. The van der Waals surface area contributed by atoms with E-state index < -0.39 is 8.32 Å². The van der Waals surface area contributed by atoms with Gasteiger partial charge in [-0.05, 0) is 24.6 Å². The zero-order valence-electron chi connectivity index (χ0n) is 14.1. The minimum absolute atomic E-state index is 0.192. The van der Waals surface area contributed by atoms with Crippen molar-refractivity contribution in [3.05, 3.63) is 12.2 Å². The first-order valence-corrected chi connectivity index (χ1v) is 11.1. The highest BCUT2D eigenvalue weighted by Crippen LogP contribution is 2.48. The Hall–Kier alpha value is -0.453. The van der Waals surface area contributed by atoms with E-state index >= 15 is 0 Å². The summed E-state index contributed by atoms with van der Waals surface area (Å²) in [7, 11) is -1.76. The molecule has 3 fully saturated rings. The molecule has 2 aliphatic heterocycles. The van der Waals surface area contributed by atoms with Crippen molar-refractivity contribution < 1.29 is 9.22 Å². The van der Waals surface area contributed by atoms with Crippen LogP contribution in [0, 0.1) is 11.8 Å². The monoisotopic (exact) mass is 307 g/mol. The van der Waals surface area contributed by atoms with Crippen LogP contribution in [0.4, 0.5) is 0 Å². The normalized spacial score (nSPS) is 37.2. The SMILES string of the molecule is C=C1CN2C[C@H](O[Si](C)(C)C(C)(C)C)C[C@@H]3C(=O)C[C@H]1[C@@H]32.